The van der Waals surface area contributed by atoms with Crippen LogP contribution in [0.5, 0.6) is 17.2 Å². The highest BCUT2D eigenvalue weighted by Crippen LogP contribution is 2.44. The zero-order valence-corrected chi connectivity index (χ0v) is 13.5. The van der Waals surface area contributed by atoms with Gasteiger partial charge in [-0.25, -0.2) is 4.39 Å². The van der Waals surface area contributed by atoms with Crippen LogP contribution in [0.3, 0.4) is 0 Å². The van der Waals surface area contributed by atoms with Gasteiger partial charge in [0.25, 0.3) is 0 Å². The van der Waals surface area contributed by atoms with E-state index in [4.69, 9.17) is 0 Å². The molecule has 4 aromatic carbocycles. The van der Waals surface area contributed by atoms with Crippen molar-refractivity contribution in [2.45, 2.75) is 0 Å². The third kappa shape index (κ3) is 2.50. The van der Waals surface area contributed by atoms with Crippen LogP contribution in [0.15, 0.2) is 65.7 Å². The van der Waals surface area contributed by atoms with E-state index >= 15 is 0 Å². The fraction of sp³-hybridized carbons (Fsp3) is 0. The molecule has 4 rings (SSSR count). The van der Waals surface area contributed by atoms with Gasteiger partial charge in [0.2, 0.25) is 0 Å². The Morgan fingerprint density at radius 2 is 1.27 bits per heavy atom. The lowest BCUT2D eigenvalue weighted by molar-refractivity contribution is 0.460. The van der Waals surface area contributed by atoms with E-state index in [1.165, 1.54) is 24.3 Å². The summed E-state index contributed by atoms with van der Waals surface area (Å²) in [6, 6.07) is 15.5. The number of aromatic hydroxyl groups is 3. The quantitative estimate of drug-likeness (QED) is 0.353. The summed E-state index contributed by atoms with van der Waals surface area (Å²) in [7, 11) is 0. The highest BCUT2D eigenvalue weighted by atomic mass is 19.1. The molecule has 0 atom stereocenters. The second-order valence-corrected chi connectivity index (χ2v) is 5.90. The Kier molecular flexibility index (Phi) is 3.69. The van der Waals surface area contributed by atoms with E-state index in [9.17, 15) is 19.7 Å². The molecule has 0 aromatic heterocycles. The Bertz CT molecular complexity index is 1100. The fourth-order valence-corrected chi connectivity index (χ4v) is 3.10. The maximum atomic E-state index is 13.1. The summed E-state index contributed by atoms with van der Waals surface area (Å²) < 4.78 is 13.1. The van der Waals surface area contributed by atoms with E-state index in [0.29, 0.717) is 22.0 Å². The molecule has 4 aromatic rings. The van der Waals surface area contributed by atoms with Crippen molar-refractivity contribution >= 4 is 33.4 Å². The van der Waals surface area contributed by atoms with Gasteiger partial charge in [0.1, 0.15) is 23.1 Å². The van der Waals surface area contributed by atoms with Crippen LogP contribution in [-0.2, 0) is 0 Å². The molecule has 128 valence electrons. The van der Waals surface area contributed by atoms with Gasteiger partial charge in [-0.1, -0.05) is 24.3 Å². The molecule has 0 spiro atoms. The fourth-order valence-electron chi connectivity index (χ4n) is 3.10. The summed E-state index contributed by atoms with van der Waals surface area (Å²) >= 11 is 0. The number of nitrogens with zero attached hydrogens (tertiary/aromatic N) is 1. The molecule has 0 aliphatic heterocycles. The molecule has 0 aliphatic carbocycles. The lowest BCUT2D eigenvalue weighted by Gasteiger charge is -2.13. The van der Waals surface area contributed by atoms with E-state index in [1.807, 2.05) is 0 Å². The number of hydrogen-bond donors (Lipinski definition) is 3. The third-order valence-corrected chi connectivity index (χ3v) is 4.31. The minimum atomic E-state index is -0.348. The summed E-state index contributed by atoms with van der Waals surface area (Å²) in [4.78, 5) is 4.37. The normalized spacial score (nSPS) is 11.6. The van der Waals surface area contributed by atoms with Gasteiger partial charge in [0.15, 0.2) is 0 Å². The largest absolute Gasteiger partial charge is 0.507 e. The Hall–Kier alpha value is -3.60. The molecule has 0 saturated carbocycles. The van der Waals surface area contributed by atoms with Gasteiger partial charge >= 0.3 is 0 Å². The minimum Gasteiger partial charge on any atom is -0.507 e. The van der Waals surface area contributed by atoms with E-state index < -0.39 is 0 Å². The van der Waals surface area contributed by atoms with Gasteiger partial charge in [0, 0.05) is 11.8 Å². The number of hydrogen-bond acceptors (Lipinski definition) is 4. The first-order chi connectivity index (χ1) is 12.6. The van der Waals surface area contributed by atoms with Crippen LogP contribution in [0, 0.1) is 5.82 Å². The Morgan fingerprint density at radius 1 is 0.731 bits per heavy atom. The van der Waals surface area contributed by atoms with Crippen molar-refractivity contribution in [3.8, 4) is 17.2 Å². The molecular formula is C21H14FNO3. The summed E-state index contributed by atoms with van der Waals surface area (Å²) in [5.41, 5.74) is 1.19. The standard InChI is InChI=1S/C21H14FNO3/c22-12-7-9-13(10-8-12)23-11-16-14-3-1-5-17(24)19(14)21(26)20-15(16)4-2-6-18(20)25/h1-11,24-26H. The third-order valence-electron chi connectivity index (χ3n) is 4.31. The van der Waals surface area contributed by atoms with E-state index in [2.05, 4.69) is 4.99 Å². The smallest absolute Gasteiger partial charge is 0.138 e. The molecule has 0 saturated heterocycles. The summed E-state index contributed by atoms with van der Waals surface area (Å²) in [5, 5.41) is 32.7. The summed E-state index contributed by atoms with van der Waals surface area (Å²) in [5.74, 6) is -0.729. The molecule has 26 heavy (non-hydrogen) atoms. The zero-order chi connectivity index (χ0) is 18.3. The zero-order valence-electron chi connectivity index (χ0n) is 13.5. The second kappa shape index (κ2) is 6.04. The van der Waals surface area contributed by atoms with Crippen LogP contribution in [0.2, 0.25) is 0 Å². The average Bonchev–Trinajstić information content (AvgIpc) is 2.63. The van der Waals surface area contributed by atoms with Crippen LogP contribution in [0.4, 0.5) is 10.1 Å². The van der Waals surface area contributed by atoms with E-state index in [-0.39, 0.29) is 33.8 Å². The van der Waals surface area contributed by atoms with Gasteiger partial charge in [-0.15, -0.1) is 0 Å². The highest BCUT2D eigenvalue weighted by molar-refractivity contribution is 6.19. The molecule has 5 heteroatoms. The lowest BCUT2D eigenvalue weighted by atomic mass is 9.95. The molecule has 0 unspecified atom stereocenters. The highest BCUT2D eigenvalue weighted by Gasteiger charge is 2.17. The molecule has 0 fully saturated rings. The monoisotopic (exact) mass is 347 g/mol. The number of phenolic OH excluding ortho intramolecular Hbond substituents is 3. The van der Waals surface area contributed by atoms with E-state index in [1.54, 1.807) is 42.6 Å². The van der Waals surface area contributed by atoms with Crippen LogP contribution in [0.1, 0.15) is 5.56 Å². The van der Waals surface area contributed by atoms with Gasteiger partial charge < -0.3 is 15.3 Å². The van der Waals surface area contributed by atoms with Crippen molar-refractivity contribution in [1.82, 2.24) is 0 Å². The predicted octanol–water partition coefficient (Wildman–Crippen LogP) is 5.00. The number of halogens is 1. The Morgan fingerprint density at radius 3 is 1.81 bits per heavy atom. The Balaban J connectivity index is 2.05. The SMILES string of the molecule is Oc1cccc2c(C=Nc3ccc(F)cc3)c3cccc(O)c3c(O)c12. The molecule has 0 heterocycles. The number of benzene rings is 4. The summed E-state index contributed by atoms with van der Waals surface area (Å²) in [6.07, 6.45) is 1.58. The maximum Gasteiger partial charge on any atom is 0.138 e. The maximum absolute atomic E-state index is 13.1. The van der Waals surface area contributed by atoms with Gasteiger partial charge in [-0.2, -0.15) is 0 Å². The predicted molar refractivity (Wildman–Crippen MR) is 100 cm³/mol. The van der Waals surface area contributed by atoms with Crippen molar-refractivity contribution in [2.75, 3.05) is 0 Å². The number of phenols is 3. The number of rotatable bonds is 2. The molecule has 0 amide bonds. The van der Waals surface area contributed by atoms with Crippen molar-refractivity contribution in [3.63, 3.8) is 0 Å². The lowest BCUT2D eigenvalue weighted by Crippen LogP contribution is -1.90. The first-order valence-electron chi connectivity index (χ1n) is 7.94. The number of fused-ring (bicyclic) bond motifs is 2. The van der Waals surface area contributed by atoms with Crippen LogP contribution < -0.4 is 0 Å². The molecule has 3 N–H and O–H groups in total. The average molecular weight is 347 g/mol. The first-order valence-corrected chi connectivity index (χ1v) is 7.94. The van der Waals surface area contributed by atoms with Gasteiger partial charge in [-0.3, -0.25) is 4.99 Å². The molecule has 0 radical (unpaired) electrons. The Labute approximate surface area is 148 Å². The topological polar surface area (TPSA) is 73.1 Å². The molecule has 0 aliphatic rings. The van der Waals surface area contributed by atoms with E-state index in [0.717, 1.165) is 0 Å². The van der Waals surface area contributed by atoms with Crippen molar-refractivity contribution in [2.24, 2.45) is 4.99 Å². The van der Waals surface area contributed by atoms with Gasteiger partial charge in [-0.05, 0) is 47.2 Å². The summed E-state index contributed by atoms with van der Waals surface area (Å²) in [6.45, 7) is 0. The van der Waals surface area contributed by atoms with Crippen LogP contribution >= 0.6 is 0 Å². The minimum absolute atomic E-state index is 0.0958. The molecule has 0 bridgehead atoms. The van der Waals surface area contributed by atoms with Crippen LogP contribution in [0.25, 0.3) is 21.5 Å². The molecular weight excluding hydrogens is 333 g/mol. The first kappa shape index (κ1) is 15.9. The van der Waals surface area contributed by atoms with Crippen LogP contribution in [-0.4, -0.2) is 21.5 Å². The number of aliphatic imine (C=N–C) groups is 1. The second-order valence-electron chi connectivity index (χ2n) is 5.90. The van der Waals surface area contributed by atoms with Crippen molar-refractivity contribution < 1.29 is 19.7 Å². The van der Waals surface area contributed by atoms with Gasteiger partial charge in [0.05, 0.1) is 16.5 Å². The van der Waals surface area contributed by atoms with Crippen molar-refractivity contribution in [1.29, 1.82) is 0 Å². The van der Waals surface area contributed by atoms with Crippen molar-refractivity contribution in [3.05, 3.63) is 72.0 Å². The molecule has 4 nitrogen and oxygen atoms in total.